The van der Waals surface area contributed by atoms with E-state index in [1.54, 1.807) is 0 Å². The second-order valence-electron chi connectivity index (χ2n) is 3.32. The molecule has 0 aliphatic heterocycles. The highest BCUT2D eigenvalue weighted by atomic mass is 16.5. The third-order valence-corrected chi connectivity index (χ3v) is 2.05. The zero-order chi connectivity index (χ0) is 12.1. The predicted octanol–water partition coefficient (Wildman–Crippen LogP) is 1.43. The van der Waals surface area contributed by atoms with Crippen molar-refractivity contribution >= 4 is 17.3 Å². The van der Waals surface area contributed by atoms with Crippen LogP contribution in [-0.4, -0.2) is 19.7 Å². The lowest BCUT2D eigenvalue weighted by Gasteiger charge is -2.11. The smallest absolute Gasteiger partial charge is 0.340 e. The molecule has 1 aromatic rings. The minimum Gasteiger partial charge on any atom is -0.491 e. The molecule has 5 heteroatoms. The molecule has 88 valence electrons. The van der Waals surface area contributed by atoms with Gasteiger partial charge in [-0.05, 0) is 12.5 Å². The van der Waals surface area contributed by atoms with Gasteiger partial charge in [0.1, 0.15) is 5.75 Å². The van der Waals surface area contributed by atoms with Crippen LogP contribution in [0.5, 0.6) is 5.75 Å². The SMILES string of the molecule is CCCOc1cc(N)c(C(=O)OC)cc1N. The number of nitrogen functional groups attached to an aromatic ring is 2. The molecule has 0 amide bonds. The van der Waals surface area contributed by atoms with Crippen LogP contribution in [0.3, 0.4) is 0 Å². The highest BCUT2D eigenvalue weighted by molar-refractivity contribution is 5.96. The summed E-state index contributed by atoms with van der Waals surface area (Å²) < 4.78 is 9.96. The number of rotatable bonds is 4. The first-order chi connectivity index (χ1) is 7.60. The Morgan fingerprint density at radius 1 is 1.31 bits per heavy atom. The predicted molar refractivity (Wildman–Crippen MR) is 62.4 cm³/mol. The summed E-state index contributed by atoms with van der Waals surface area (Å²) in [5, 5.41) is 0. The second-order valence-corrected chi connectivity index (χ2v) is 3.32. The number of carbonyl (C=O) groups is 1. The number of benzene rings is 1. The van der Waals surface area contributed by atoms with E-state index in [1.807, 2.05) is 6.92 Å². The normalized spacial score (nSPS) is 9.88. The molecule has 1 aromatic carbocycles. The summed E-state index contributed by atoms with van der Waals surface area (Å²) in [7, 11) is 1.29. The molecule has 0 fully saturated rings. The Balaban J connectivity index is 3.02. The Bertz CT molecular complexity index is 391. The highest BCUT2D eigenvalue weighted by Gasteiger charge is 2.13. The van der Waals surface area contributed by atoms with Crippen LogP contribution in [0.25, 0.3) is 0 Å². The minimum atomic E-state index is -0.508. The molecule has 4 N–H and O–H groups in total. The van der Waals surface area contributed by atoms with Crippen LogP contribution in [0.1, 0.15) is 23.7 Å². The Hall–Kier alpha value is -1.91. The largest absolute Gasteiger partial charge is 0.491 e. The summed E-state index contributed by atoms with van der Waals surface area (Å²) in [5.74, 6) is -0.0155. The molecule has 0 bridgehead atoms. The van der Waals surface area contributed by atoms with Crippen LogP contribution in [0, 0.1) is 0 Å². The lowest BCUT2D eigenvalue weighted by Crippen LogP contribution is -2.08. The van der Waals surface area contributed by atoms with Crippen LogP contribution in [0.2, 0.25) is 0 Å². The van der Waals surface area contributed by atoms with Crippen molar-refractivity contribution in [3.63, 3.8) is 0 Å². The third kappa shape index (κ3) is 2.56. The molecule has 1 rings (SSSR count). The fraction of sp³-hybridized carbons (Fsp3) is 0.364. The van der Waals surface area contributed by atoms with E-state index in [9.17, 15) is 4.79 Å². The van der Waals surface area contributed by atoms with Crippen LogP contribution in [0.4, 0.5) is 11.4 Å². The molecule has 0 heterocycles. The zero-order valence-corrected chi connectivity index (χ0v) is 9.45. The first-order valence-electron chi connectivity index (χ1n) is 5.00. The number of methoxy groups -OCH3 is 1. The molecule has 0 atom stereocenters. The number of esters is 1. The van der Waals surface area contributed by atoms with Gasteiger partial charge < -0.3 is 20.9 Å². The average Bonchev–Trinajstić information content (AvgIpc) is 2.28. The number of hydrogen-bond donors (Lipinski definition) is 2. The third-order valence-electron chi connectivity index (χ3n) is 2.05. The van der Waals surface area contributed by atoms with Gasteiger partial charge >= 0.3 is 5.97 Å². The van der Waals surface area contributed by atoms with Gasteiger partial charge in [0.05, 0.1) is 25.0 Å². The number of carbonyl (C=O) groups excluding carboxylic acids is 1. The molecular weight excluding hydrogens is 208 g/mol. The maximum absolute atomic E-state index is 11.3. The molecule has 0 saturated carbocycles. The number of nitrogens with two attached hydrogens (primary N) is 2. The van der Waals surface area contributed by atoms with E-state index < -0.39 is 5.97 Å². The van der Waals surface area contributed by atoms with Gasteiger partial charge in [0.2, 0.25) is 0 Å². The zero-order valence-electron chi connectivity index (χ0n) is 9.45. The average molecular weight is 224 g/mol. The minimum absolute atomic E-state index is 0.254. The van der Waals surface area contributed by atoms with Gasteiger partial charge in [-0.25, -0.2) is 4.79 Å². The topological polar surface area (TPSA) is 87.6 Å². The van der Waals surface area contributed by atoms with E-state index in [2.05, 4.69) is 4.74 Å². The van der Waals surface area contributed by atoms with Crippen molar-refractivity contribution in [1.82, 2.24) is 0 Å². The standard InChI is InChI=1S/C11H16N2O3/c1-3-4-16-10-6-8(12)7(5-9(10)13)11(14)15-2/h5-6H,3-4,12-13H2,1-2H3. The Morgan fingerprint density at radius 2 is 2.00 bits per heavy atom. The molecule has 16 heavy (non-hydrogen) atoms. The second kappa shape index (κ2) is 5.25. The van der Waals surface area contributed by atoms with Gasteiger partial charge in [0.25, 0.3) is 0 Å². The van der Waals surface area contributed by atoms with Gasteiger partial charge in [0, 0.05) is 11.8 Å². The van der Waals surface area contributed by atoms with Gasteiger partial charge in [0.15, 0.2) is 0 Å². The Labute approximate surface area is 94.3 Å². The van der Waals surface area contributed by atoms with Crippen molar-refractivity contribution in [3.8, 4) is 5.75 Å². The van der Waals surface area contributed by atoms with Crippen molar-refractivity contribution in [3.05, 3.63) is 17.7 Å². The fourth-order valence-corrected chi connectivity index (χ4v) is 1.24. The number of ether oxygens (including phenoxy) is 2. The highest BCUT2D eigenvalue weighted by Crippen LogP contribution is 2.28. The first-order valence-corrected chi connectivity index (χ1v) is 5.00. The Morgan fingerprint density at radius 3 is 2.56 bits per heavy atom. The fourth-order valence-electron chi connectivity index (χ4n) is 1.24. The summed E-state index contributed by atoms with van der Waals surface area (Å²) in [6, 6.07) is 3.00. The van der Waals surface area contributed by atoms with Crippen LogP contribution >= 0.6 is 0 Å². The molecule has 0 aliphatic rings. The number of hydrogen-bond acceptors (Lipinski definition) is 5. The van der Waals surface area contributed by atoms with Gasteiger partial charge in [-0.2, -0.15) is 0 Å². The summed E-state index contributed by atoms with van der Waals surface area (Å²) >= 11 is 0. The molecule has 0 radical (unpaired) electrons. The van der Waals surface area contributed by atoms with E-state index >= 15 is 0 Å². The molecule has 5 nitrogen and oxygen atoms in total. The number of anilines is 2. The lowest BCUT2D eigenvalue weighted by molar-refractivity contribution is 0.0602. The molecule has 0 saturated heterocycles. The van der Waals surface area contributed by atoms with E-state index in [0.717, 1.165) is 6.42 Å². The van der Waals surface area contributed by atoms with Crippen molar-refractivity contribution < 1.29 is 14.3 Å². The summed E-state index contributed by atoms with van der Waals surface area (Å²) in [5.41, 5.74) is 12.4. The van der Waals surface area contributed by atoms with E-state index in [4.69, 9.17) is 16.2 Å². The van der Waals surface area contributed by atoms with E-state index in [0.29, 0.717) is 23.7 Å². The van der Waals surface area contributed by atoms with Crippen molar-refractivity contribution in [2.45, 2.75) is 13.3 Å². The lowest BCUT2D eigenvalue weighted by atomic mass is 10.1. The van der Waals surface area contributed by atoms with E-state index in [-0.39, 0.29) is 5.56 Å². The van der Waals surface area contributed by atoms with Crippen LogP contribution in [0.15, 0.2) is 12.1 Å². The first kappa shape index (κ1) is 12.2. The van der Waals surface area contributed by atoms with Gasteiger partial charge in [-0.1, -0.05) is 6.92 Å². The van der Waals surface area contributed by atoms with E-state index in [1.165, 1.54) is 19.2 Å². The Kier molecular flexibility index (Phi) is 3.99. The van der Waals surface area contributed by atoms with Gasteiger partial charge in [-0.3, -0.25) is 0 Å². The maximum Gasteiger partial charge on any atom is 0.340 e. The molecule has 0 unspecified atom stereocenters. The molecule has 0 aromatic heterocycles. The maximum atomic E-state index is 11.3. The quantitative estimate of drug-likeness (QED) is 0.596. The molecule has 0 aliphatic carbocycles. The summed E-state index contributed by atoms with van der Waals surface area (Å²) in [6.45, 7) is 2.55. The van der Waals surface area contributed by atoms with Crippen LogP contribution in [-0.2, 0) is 4.74 Å². The molecular formula is C11H16N2O3. The van der Waals surface area contributed by atoms with Crippen molar-refractivity contribution in [2.24, 2.45) is 0 Å². The monoisotopic (exact) mass is 224 g/mol. The summed E-state index contributed by atoms with van der Waals surface area (Å²) in [4.78, 5) is 11.3. The summed E-state index contributed by atoms with van der Waals surface area (Å²) in [6.07, 6.45) is 0.873. The van der Waals surface area contributed by atoms with Crippen LogP contribution < -0.4 is 16.2 Å². The van der Waals surface area contributed by atoms with Crippen molar-refractivity contribution in [2.75, 3.05) is 25.2 Å². The van der Waals surface area contributed by atoms with Crippen molar-refractivity contribution in [1.29, 1.82) is 0 Å². The van der Waals surface area contributed by atoms with Gasteiger partial charge in [-0.15, -0.1) is 0 Å². The molecule has 0 spiro atoms.